The lowest BCUT2D eigenvalue weighted by Crippen LogP contribution is -2.53. The topological polar surface area (TPSA) is 119 Å². The van der Waals surface area contributed by atoms with E-state index in [1.165, 1.54) is 43.3 Å². The van der Waals surface area contributed by atoms with E-state index < -0.39 is 38.9 Å². The molecule has 0 saturated carbocycles. The minimum Gasteiger partial charge on any atom is -0.507 e. The van der Waals surface area contributed by atoms with Crippen molar-refractivity contribution in [3.63, 3.8) is 0 Å². The molecule has 202 valence electrons. The van der Waals surface area contributed by atoms with Crippen LogP contribution in [0.25, 0.3) is 5.76 Å². The number of benzene rings is 2. The van der Waals surface area contributed by atoms with Crippen LogP contribution >= 0.6 is 0 Å². The summed E-state index contributed by atoms with van der Waals surface area (Å²) in [6, 6.07) is 12.3. The number of likely N-dealkylation sites (tertiary alicyclic amines) is 1. The number of hydrogen-bond acceptors (Lipinski definition) is 7. The quantitative estimate of drug-likeness (QED) is 0.308. The number of fused-ring (bicyclic) bond motifs is 2. The molecule has 11 heteroatoms. The Labute approximate surface area is 222 Å². The molecule has 38 heavy (non-hydrogen) atoms. The summed E-state index contributed by atoms with van der Waals surface area (Å²) in [4.78, 5) is 46.0. The highest BCUT2D eigenvalue weighted by molar-refractivity contribution is 7.89. The van der Waals surface area contributed by atoms with E-state index in [0.717, 1.165) is 4.31 Å². The third kappa shape index (κ3) is 4.01. The van der Waals surface area contributed by atoms with Crippen molar-refractivity contribution in [2.24, 2.45) is 0 Å². The number of hydrogen-bond donors (Lipinski definition) is 1. The van der Waals surface area contributed by atoms with E-state index in [-0.39, 0.29) is 22.6 Å². The number of Topliss-reactive ketones (excluding diaryl/α,β-unsaturated/α-hetero) is 1. The second kappa shape index (κ2) is 9.97. The number of anilines is 1. The summed E-state index contributed by atoms with van der Waals surface area (Å²) in [6.07, 6.45) is 0.641. The highest BCUT2D eigenvalue weighted by atomic mass is 32.2. The predicted molar refractivity (Wildman–Crippen MR) is 143 cm³/mol. The van der Waals surface area contributed by atoms with Crippen molar-refractivity contribution in [3.05, 3.63) is 65.2 Å². The maximum absolute atomic E-state index is 14.3. The van der Waals surface area contributed by atoms with E-state index in [0.29, 0.717) is 30.8 Å². The third-order valence-corrected chi connectivity index (χ3v) is 8.76. The molecule has 1 spiro atoms. The molecule has 0 aliphatic carbocycles. The molecule has 1 atom stereocenters. The molecule has 0 bridgehead atoms. The van der Waals surface area contributed by atoms with E-state index in [2.05, 4.69) is 0 Å². The first kappa shape index (κ1) is 27.5. The van der Waals surface area contributed by atoms with Crippen molar-refractivity contribution in [2.75, 3.05) is 52.7 Å². The Balaban J connectivity index is 1.98. The molecule has 2 amide bonds. The van der Waals surface area contributed by atoms with Crippen LogP contribution in [0, 0.1) is 0 Å². The normalized spacial score (nSPS) is 20.9. The van der Waals surface area contributed by atoms with Gasteiger partial charge in [0, 0.05) is 44.9 Å². The average molecular weight is 541 g/mol. The summed E-state index contributed by atoms with van der Waals surface area (Å²) in [7, 11) is 2.72. The van der Waals surface area contributed by atoms with E-state index >= 15 is 0 Å². The zero-order chi connectivity index (χ0) is 28.0. The molecule has 1 saturated heterocycles. The summed E-state index contributed by atoms with van der Waals surface area (Å²) in [6.45, 7) is 2.75. The van der Waals surface area contributed by atoms with Crippen molar-refractivity contribution < 1.29 is 27.9 Å². The van der Waals surface area contributed by atoms with Gasteiger partial charge in [-0.15, -0.1) is 0 Å². The van der Waals surface area contributed by atoms with E-state index in [1.54, 1.807) is 29.2 Å². The molecule has 2 aliphatic rings. The van der Waals surface area contributed by atoms with Crippen LogP contribution in [-0.2, 0) is 29.9 Å². The van der Waals surface area contributed by atoms with Crippen LogP contribution in [0.1, 0.15) is 24.5 Å². The Kier molecular flexibility index (Phi) is 7.21. The molecule has 1 fully saturated rings. The van der Waals surface area contributed by atoms with Crippen LogP contribution in [0.2, 0.25) is 0 Å². The summed E-state index contributed by atoms with van der Waals surface area (Å²) in [5, 5.41) is 11.5. The molecule has 2 heterocycles. The van der Waals surface area contributed by atoms with Gasteiger partial charge in [0.2, 0.25) is 10.0 Å². The van der Waals surface area contributed by atoms with E-state index in [9.17, 15) is 27.9 Å². The Morgan fingerprint density at radius 2 is 1.58 bits per heavy atom. The highest BCUT2D eigenvalue weighted by Crippen LogP contribution is 2.53. The fourth-order valence-electron chi connectivity index (χ4n) is 5.05. The maximum Gasteiger partial charge on any atom is 0.296 e. The van der Waals surface area contributed by atoms with Crippen molar-refractivity contribution in [3.8, 4) is 0 Å². The molecular weight excluding hydrogens is 508 g/mol. The van der Waals surface area contributed by atoms with Gasteiger partial charge in [0.05, 0.1) is 16.2 Å². The minimum atomic E-state index is -3.73. The Morgan fingerprint density at radius 1 is 0.947 bits per heavy atom. The Morgan fingerprint density at radius 3 is 2.16 bits per heavy atom. The van der Waals surface area contributed by atoms with Gasteiger partial charge in [0.15, 0.2) is 5.54 Å². The van der Waals surface area contributed by atoms with Crippen molar-refractivity contribution in [1.82, 2.24) is 14.1 Å². The van der Waals surface area contributed by atoms with Crippen molar-refractivity contribution in [1.29, 1.82) is 0 Å². The molecule has 2 aromatic carbocycles. The first-order valence-electron chi connectivity index (χ1n) is 12.3. The number of carbonyl (C=O) groups excluding carboxylic acids is 3. The minimum absolute atomic E-state index is 0.00314. The average Bonchev–Trinajstić information content (AvgIpc) is 3.25. The number of carbonyl (C=O) groups is 3. The fraction of sp³-hybridized carbons (Fsp3) is 0.370. The first-order chi connectivity index (χ1) is 17.9. The van der Waals surface area contributed by atoms with Crippen LogP contribution in [0.15, 0.2) is 59.0 Å². The number of rotatable bonds is 8. The second-order valence-electron chi connectivity index (χ2n) is 9.81. The number of ketones is 1. The number of likely N-dealkylation sites (N-methyl/N-ethyl adjacent to an activating group) is 1. The molecule has 4 rings (SSSR count). The largest absolute Gasteiger partial charge is 0.507 e. The second-order valence-corrected chi connectivity index (χ2v) is 12.0. The smallest absolute Gasteiger partial charge is 0.296 e. The number of sulfonamides is 1. The number of aliphatic hydroxyl groups is 1. The first-order valence-corrected chi connectivity index (χ1v) is 13.7. The van der Waals surface area contributed by atoms with Crippen LogP contribution in [-0.4, -0.2) is 93.1 Å². The maximum atomic E-state index is 14.3. The van der Waals surface area contributed by atoms with Crippen LogP contribution in [0.3, 0.4) is 0 Å². The van der Waals surface area contributed by atoms with Gasteiger partial charge < -0.3 is 19.8 Å². The molecular formula is C27H32N4O6S. The van der Waals surface area contributed by atoms with E-state index in [1.807, 2.05) is 25.9 Å². The van der Waals surface area contributed by atoms with Gasteiger partial charge in [-0.1, -0.05) is 25.1 Å². The fourth-order valence-corrected chi connectivity index (χ4v) is 5.95. The van der Waals surface area contributed by atoms with Gasteiger partial charge >= 0.3 is 0 Å². The van der Waals surface area contributed by atoms with Gasteiger partial charge in [0.25, 0.3) is 17.6 Å². The van der Waals surface area contributed by atoms with Gasteiger partial charge in [-0.25, -0.2) is 12.7 Å². The Bertz CT molecular complexity index is 1430. The molecule has 2 aliphatic heterocycles. The summed E-state index contributed by atoms with van der Waals surface area (Å²) in [5.41, 5.74) is -1.01. The van der Waals surface area contributed by atoms with Crippen LogP contribution in [0.5, 0.6) is 0 Å². The monoisotopic (exact) mass is 540 g/mol. The molecule has 0 aromatic heterocycles. The molecule has 0 radical (unpaired) electrons. The Hall–Kier alpha value is -3.54. The summed E-state index contributed by atoms with van der Waals surface area (Å²) < 4.78 is 26.1. The molecule has 1 N–H and O–H groups in total. The lowest BCUT2D eigenvalue weighted by Gasteiger charge is -2.35. The number of nitrogens with zero attached hydrogens (tertiary/aromatic N) is 4. The van der Waals surface area contributed by atoms with Crippen LogP contribution in [0.4, 0.5) is 5.69 Å². The van der Waals surface area contributed by atoms with E-state index in [4.69, 9.17) is 0 Å². The van der Waals surface area contributed by atoms with Gasteiger partial charge in [-0.2, -0.15) is 0 Å². The summed E-state index contributed by atoms with van der Waals surface area (Å²) >= 11 is 0. The SMILES string of the molecule is CCCN1C(=O)[C@@]2(C(=C(O)c3ccc(S(=O)(=O)N(C)C)cc3)C(=O)C(=O)N2CCN(C)C)c2ccccc21. The van der Waals surface area contributed by atoms with Crippen LogP contribution < -0.4 is 4.90 Å². The zero-order valence-electron chi connectivity index (χ0n) is 22.1. The lowest BCUT2D eigenvalue weighted by molar-refractivity contribution is -0.143. The number of amides is 2. The highest BCUT2D eigenvalue weighted by Gasteiger charge is 2.66. The number of aliphatic hydroxyl groups excluding tert-OH is 1. The standard InChI is InChI=1S/C27H32N4O6S/c1-6-15-30-21-10-8-7-9-20(21)27(26(30)35)22(24(33)25(34)31(27)17-16-28(2)3)23(32)18-11-13-19(14-12-18)38(36,37)29(4)5/h7-14,32H,6,15-17H2,1-5H3/t27-/m0/s1. The molecule has 0 unspecified atom stereocenters. The third-order valence-electron chi connectivity index (χ3n) is 6.93. The van der Waals surface area contributed by atoms with Crippen molar-refractivity contribution >= 4 is 39.1 Å². The number of para-hydroxylation sites is 1. The zero-order valence-corrected chi connectivity index (χ0v) is 22.9. The van der Waals surface area contributed by atoms with Gasteiger partial charge in [0.1, 0.15) is 5.76 Å². The lowest BCUT2D eigenvalue weighted by atomic mass is 9.82. The molecule has 2 aromatic rings. The van der Waals surface area contributed by atoms with Gasteiger partial charge in [-0.05, 0) is 50.8 Å². The summed E-state index contributed by atoms with van der Waals surface area (Å²) in [5.74, 6) is -2.85. The molecule has 10 nitrogen and oxygen atoms in total. The predicted octanol–water partition coefficient (Wildman–Crippen LogP) is 1.83. The van der Waals surface area contributed by atoms with Gasteiger partial charge in [-0.3, -0.25) is 14.4 Å². The van der Waals surface area contributed by atoms with Crippen molar-refractivity contribution in [2.45, 2.75) is 23.8 Å².